The van der Waals surface area contributed by atoms with Gasteiger partial charge in [0.25, 0.3) is 0 Å². The fourth-order valence-corrected chi connectivity index (χ4v) is 3.97. The van der Waals surface area contributed by atoms with Crippen LogP contribution < -0.4 is 5.32 Å². The van der Waals surface area contributed by atoms with Gasteiger partial charge in [0, 0.05) is 31.0 Å². The number of benzene rings is 1. The van der Waals surface area contributed by atoms with E-state index in [1.54, 1.807) is 15.9 Å². The summed E-state index contributed by atoms with van der Waals surface area (Å²) in [6, 6.07) is 14.1. The molecule has 0 saturated carbocycles. The fourth-order valence-electron chi connectivity index (χ4n) is 3.34. The van der Waals surface area contributed by atoms with Crippen LogP contribution in [-0.4, -0.2) is 35.9 Å². The number of nitrogens with one attached hydrogen (secondary N) is 1. The van der Waals surface area contributed by atoms with Crippen LogP contribution in [-0.2, 0) is 13.5 Å². The minimum Gasteiger partial charge on any atom is -0.369 e. The molecule has 1 N–H and O–H groups in total. The van der Waals surface area contributed by atoms with Crippen molar-refractivity contribution in [3.05, 3.63) is 59.0 Å². The zero-order chi connectivity index (χ0) is 18.9. The normalized spacial score (nSPS) is 11.5. The molecular formula is C20H19N7S. The third-order valence-electron chi connectivity index (χ3n) is 4.81. The number of aryl methyl sites for hydroxylation is 2. The van der Waals surface area contributed by atoms with Crippen LogP contribution in [0.4, 0.5) is 5.82 Å². The minimum atomic E-state index is 0.742. The molecule has 140 valence electrons. The van der Waals surface area contributed by atoms with E-state index in [4.69, 9.17) is 4.98 Å². The summed E-state index contributed by atoms with van der Waals surface area (Å²) < 4.78 is 3.96. The lowest BCUT2D eigenvalue weighted by Crippen LogP contribution is -2.08. The summed E-state index contributed by atoms with van der Waals surface area (Å²) >= 11 is 1.64. The fraction of sp³-hybridized carbons (Fsp3) is 0.200. The van der Waals surface area contributed by atoms with E-state index in [0.717, 1.165) is 53.6 Å². The Hall–Kier alpha value is -3.26. The quantitative estimate of drug-likeness (QED) is 0.447. The molecule has 0 atom stereocenters. The van der Waals surface area contributed by atoms with Crippen LogP contribution >= 0.6 is 11.3 Å². The molecule has 28 heavy (non-hydrogen) atoms. The van der Waals surface area contributed by atoms with Crippen molar-refractivity contribution in [1.29, 1.82) is 0 Å². The molecule has 0 aliphatic carbocycles. The van der Waals surface area contributed by atoms with Gasteiger partial charge in [-0.1, -0.05) is 12.1 Å². The van der Waals surface area contributed by atoms with E-state index in [2.05, 4.69) is 49.7 Å². The minimum absolute atomic E-state index is 0.742. The Labute approximate surface area is 165 Å². The zero-order valence-electron chi connectivity index (χ0n) is 15.4. The van der Waals surface area contributed by atoms with Gasteiger partial charge in [-0.25, -0.2) is 4.98 Å². The molecule has 0 aliphatic heterocycles. The van der Waals surface area contributed by atoms with Gasteiger partial charge in [-0.15, -0.1) is 15.3 Å². The maximum atomic E-state index is 4.73. The zero-order valence-corrected chi connectivity index (χ0v) is 16.2. The average molecular weight is 389 g/mol. The van der Waals surface area contributed by atoms with Crippen molar-refractivity contribution in [2.75, 3.05) is 11.9 Å². The monoisotopic (exact) mass is 389 g/mol. The number of nitrogens with zero attached hydrogens (tertiary/aromatic N) is 6. The first-order valence-electron chi connectivity index (χ1n) is 9.19. The molecule has 0 bridgehead atoms. The lowest BCUT2D eigenvalue weighted by Gasteiger charge is -2.06. The van der Waals surface area contributed by atoms with Gasteiger partial charge in [0.05, 0.1) is 11.0 Å². The summed E-state index contributed by atoms with van der Waals surface area (Å²) in [6.07, 6.45) is 1.88. The Morgan fingerprint density at radius 3 is 2.86 bits per heavy atom. The molecule has 0 amide bonds. The molecular weight excluding hydrogens is 370 g/mol. The number of rotatable bonds is 6. The van der Waals surface area contributed by atoms with Crippen molar-refractivity contribution in [1.82, 2.24) is 29.4 Å². The summed E-state index contributed by atoms with van der Waals surface area (Å²) in [5, 5.41) is 20.6. The first-order valence-corrected chi connectivity index (χ1v) is 10.1. The van der Waals surface area contributed by atoms with Crippen molar-refractivity contribution in [3.63, 3.8) is 0 Å². The van der Waals surface area contributed by atoms with Crippen molar-refractivity contribution in [2.24, 2.45) is 7.05 Å². The van der Waals surface area contributed by atoms with Crippen molar-refractivity contribution in [3.8, 4) is 11.4 Å². The van der Waals surface area contributed by atoms with Crippen LogP contribution in [0.15, 0.2) is 53.2 Å². The molecule has 0 radical (unpaired) electrons. The number of aromatic nitrogens is 6. The number of anilines is 1. The van der Waals surface area contributed by atoms with Gasteiger partial charge in [-0.2, -0.15) is 15.9 Å². The van der Waals surface area contributed by atoms with Gasteiger partial charge >= 0.3 is 0 Å². The molecule has 8 heteroatoms. The molecule has 5 rings (SSSR count). The average Bonchev–Trinajstić information content (AvgIpc) is 3.44. The van der Waals surface area contributed by atoms with Crippen molar-refractivity contribution >= 4 is 33.8 Å². The second kappa shape index (κ2) is 7.05. The van der Waals surface area contributed by atoms with E-state index in [-0.39, 0.29) is 0 Å². The Morgan fingerprint density at radius 1 is 1.07 bits per heavy atom. The topological polar surface area (TPSA) is 72.9 Å². The summed E-state index contributed by atoms with van der Waals surface area (Å²) in [6.45, 7) is 0.817. The van der Waals surface area contributed by atoms with Crippen molar-refractivity contribution < 1.29 is 0 Å². The highest BCUT2D eigenvalue weighted by Crippen LogP contribution is 2.21. The maximum Gasteiger partial charge on any atom is 0.186 e. The third-order valence-corrected chi connectivity index (χ3v) is 5.49. The summed E-state index contributed by atoms with van der Waals surface area (Å²) in [5.41, 5.74) is 4.00. The second-order valence-corrected chi connectivity index (χ2v) is 7.41. The smallest absolute Gasteiger partial charge is 0.186 e. The van der Waals surface area contributed by atoms with Gasteiger partial charge in [0.1, 0.15) is 11.6 Å². The van der Waals surface area contributed by atoms with E-state index >= 15 is 0 Å². The summed E-state index contributed by atoms with van der Waals surface area (Å²) in [5.74, 6) is 2.68. The Balaban J connectivity index is 1.27. The highest BCUT2D eigenvalue weighted by Gasteiger charge is 2.10. The summed E-state index contributed by atoms with van der Waals surface area (Å²) in [7, 11) is 2.07. The van der Waals surface area contributed by atoms with Crippen LogP contribution in [0.2, 0.25) is 0 Å². The van der Waals surface area contributed by atoms with E-state index in [1.807, 2.05) is 35.7 Å². The van der Waals surface area contributed by atoms with E-state index in [1.165, 1.54) is 5.52 Å². The molecule has 0 fully saturated rings. The summed E-state index contributed by atoms with van der Waals surface area (Å²) in [4.78, 5) is 4.73. The van der Waals surface area contributed by atoms with E-state index in [0.29, 0.717) is 0 Å². The molecule has 0 aliphatic rings. The van der Waals surface area contributed by atoms with Crippen LogP contribution in [0.3, 0.4) is 0 Å². The Kier molecular flexibility index (Phi) is 4.25. The number of imidazole rings is 1. The highest BCUT2D eigenvalue weighted by molar-refractivity contribution is 7.08. The number of fused-ring (bicyclic) bond motifs is 2. The standard InChI is InChI=1S/C20H19N7S/c1-26-16-6-3-2-5-15(16)22-18(26)7-4-11-21-17-8-9-19-23-24-20(27(19)25-17)14-10-12-28-13-14/h2-3,5-6,8-10,12-13H,4,7,11H2,1H3,(H,21,25). The largest absolute Gasteiger partial charge is 0.369 e. The van der Waals surface area contributed by atoms with E-state index < -0.39 is 0 Å². The first kappa shape index (κ1) is 16.9. The van der Waals surface area contributed by atoms with Crippen molar-refractivity contribution in [2.45, 2.75) is 12.8 Å². The molecule has 0 saturated heterocycles. The number of hydrogen-bond donors (Lipinski definition) is 1. The van der Waals surface area contributed by atoms with Gasteiger partial charge in [0.2, 0.25) is 0 Å². The van der Waals surface area contributed by atoms with Crippen LogP contribution in [0, 0.1) is 0 Å². The lowest BCUT2D eigenvalue weighted by molar-refractivity contribution is 0.750. The van der Waals surface area contributed by atoms with Crippen LogP contribution in [0.1, 0.15) is 12.2 Å². The number of thiophene rings is 1. The number of para-hydroxylation sites is 2. The lowest BCUT2D eigenvalue weighted by atomic mass is 10.3. The highest BCUT2D eigenvalue weighted by atomic mass is 32.1. The molecule has 1 aromatic carbocycles. The van der Waals surface area contributed by atoms with Crippen LogP contribution in [0.25, 0.3) is 28.1 Å². The molecule has 0 spiro atoms. The Bertz CT molecular complexity index is 1240. The number of hydrogen-bond acceptors (Lipinski definition) is 6. The Morgan fingerprint density at radius 2 is 2.00 bits per heavy atom. The molecule has 4 heterocycles. The molecule has 7 nitrogen and oxygen atoms in total. The van der Waals surface area contributed by atoms with Gasteiger partial charge < -0.3 is 9.88 Å². The van der Waals surface area contributed by atoms with Gasteiger partial charge in [-0.05, 0) is 42.1 Å². The van der Waals surface area contributed by atoms with Crippen LogP contribution in [0.5, 0.6) is 0 Å². The predicted octanol–water partition coefficient (Wildman–Crippen LogP) is 3.78. The molecule has 0 unspecified atom stereocenters. The van der Waals surface area contributed by atoms with E-state index in [9.17, 15) is 0 Å². The third kappa shape index (κ3) is 3.01. The maximum absolute atomic E-state index is 4.73. The second-order valence-electron chi connectivity index (χ2n) is 6.63. The van der Waals surface area contributed by atoms with Gasteiger partial charge in [0.15, 0.2) is 11.5 Å². The predicted molar refractivity (Wildman–Crippen MR) is 112 cm³/mol. The SMILES string of the molecule is Cn1c(CCCNc2ccc3nnc(-c4ccsc4)n3n2)nc2ccccc21. The first-order chi connectivity index (χ1) is 13.8. The molecule has 5 aromatic rings. The molecule has 4 aromatic heterocycles. The van der Waals surface area contributed by atoms with Gasteiger partial charge in [-0.3, -0.25) is 0 Å².